The van der Waals surface area contributed by atoms with Crippen LogP contribution in [0.3, 0.4) is 0 Å². The minimum absolute atomic E-state index is 0.00306. The fourth-order valence-electron chi connectivity index (χ4n) is 7.37. The number of aliphatic imine (C=N–C) groups is 1. The monoisotopic (exact) mass is 938 g/mol. The van der Waals surface area contributed by atoms with Crippen molar-refractivity contribution in [2.75, 3.05) is 33.7 Å². The van der Waals surface area contributed by atoms with Crippen molar-refractivity contribution in [2.24, 2.45) is 28.3 Å². The number of ketones is 1. The molecule has 0 spiro atoms. The molecule has 3 rings (SSSR count). The Bertz CT molecular complexity index is 2020. The third kappa shape index (κ3) is 17.6. The molecule has 7 amide bonds. The fraction of sp³-hybridized carbons (Fsp3) is 0.600. The average Bonchev–Trinajstić information content (AvgIpc) is 3.98. The van der Waals surface area contributed by atoms with Gasteiger partial charge in [0.05, 0.1) is 18.9 Å². The van der Waals surface area contributed by atoms with E-state index in [1.54, 1.807) is 58.8 Å². The van der Waals surface area contributed by atoms with Crippen LogP contribution in [0.2, 0.25) is 0 Å². The zero-order valence-corrected chi connectivity index (χ0v) is 39.9. The molecule has 22 nitrogen and oxygen atoms in total. The average molecular weight is 938 g/mol. The van der Waals surface area contributed by atoms with Crippen LogP contribution in [0.15, 0.2) is 41.8 Å². The van der Waals surface area contributed by atoms with Crippen LogP contribution in [0.4, 0.5) is 0 Å². The van der Waals surface area contributed by atoms with Crippen molar-refractivity contribution in [1.82, 2.24) is 51.7 Å². The maximum atomic E-state index is 14.5. The van der Waals surface area contributed by atoms with E-state index in [9.17, 15) is 43.5 Å². The number of nitrogens with two attached hydrogens (primary N) is 2. The zero-order chi connectivity index (χ0) is 50.0. The number of likely N-dealkylation sites (tertiary alicyclic amines) is 1. The predicted molar refractivity (Wildman–Crippen MR) is 250 cm³/mol. The van der Waals surface area contributed by atoms with E-state index in [4.69, 9.17) is 11.5 Å². The van der Waals surface area contributed by atoms with Gasteiger partial charge in [0.2, 0.25) is 41.4 Å². The van der Waals surface area contributed by atoms with Crippen LogP contribution < -0.4 is 43.4 Å². The van der Waals surface area contributed by atoms with Crippen molar-refractivity contribution in [1.29, 1.82) is 0 Å². The Balaban J connectivity index is 1.92. The Morgan fingerprint density at radius 1 is 0.851 bits per heavy atom. The smallest absolute Gasteiger partial charge is 0.246 e. The summed E-state index contributed by atoms with van der Waals surface area (Å²) >= 11 is 0. The Morgan fingerprint density at radius 3 is 2.06 bits per heavy atom. The van der Waals surface area contributed by atoms with Crippen molar-refractivity contribution < 1.29 is 43.5 Å². The minimum atomic E-state index is -1.33. The molecule has 0 radical (unpaired) electrons. The number of phenols is 1. The van der Waals surface area contributed by atoms with Crippen molar-refractivity contribution in [3.63, 3.8) is 0 Å². The number of aromatic hydroxyl groups is 1. The molecule has 22 heteroatoms. The number of likely N-dealkylation sites (N-methyl/N-ethyl adjacent to an activating group) is 1. The number of imidazole rings is 1. The van der Waals surface area contributed by atoms with E-state index in [-0.39, 0.29) is 56.4 Å². The predicted octanol–water partition coefficient (Wildman–Crippen LogP) is -1.27. The molecule has 12 N–H and O–H groups in total. The molecule has 1 saturated heterocycles. The van der Waals surface area contributed by atoms with Crippen molar-refractivity contribution in [3.05, 3.63) is 48.0 Å². The third-order valence-corrected chi connectivity index (χ3v) is 11.5. The minimum Gasteiger partial charge on any atom is -0.508 e. The van der Waals surface area contributed by atoms with E-state index < -0.39 is 95.5 Å². The number of hydrogen-bond donors (Lipinski definition) is 10. The van der Waals surface area contributed by atoms with Gasteiger partial charge in [0.25, 0.3) is 0 Å². The van der Waals surface area contributed by atoms with Crippen LogP contribution in [0.25, 0.3) is 0 Å². The van der Waals surface area contributed by atoms with E-state index in [0.29, 0.717) is 36.9 Å². The Kier molecular flexibility index (Phi) is 21.7. The van der Waals surface area contributed by atoms with Crippen molar-refractivity contribution >= 4 is 53.1 Å². The number of rotatable bonds is 26. The highest BCUT2D eigenvalue weighted by molar-refractivity contribution is 5.98. The lowest BCUT2D eigenvalue weighted by Crippen LogP contribution is -2.62. The standard InChI is InChI=1S/C45H71N13O9/c1-9-26(4)38(43(66)54-34(21-30-22-48-24-50-30)44(67)58-19-11-13-35(58)41(64)51-27(5)28(6)59)56-40(63)33(20-29-14-16-31(60)17-15-29)53-42(65)37(25(2)3)55-39(62)32(12-10-18-49-45(46)47)52-36(61)23-57(7)8/h14-17,22,24-27,32-35,37-38,60H,9-13,18-21,23H2,1-8H3,(H,48,50)(H,51,64)(H,52,61)(H,53,65)(H,54,66)(H,55,62)(H,56,63)(H4,46,47,49)/t26?,27-,32?,33?,34+,35+,37+,38+/m1/s1. The molecule has 67 heavy (non-hydrogen) atoms. The Morgan fingerprint density at radius 2 is 1.48 bits per heavy atom. The van der Waals surface area contributed by atoms with Gasteiger partial charge in [-0.3, -0.25) is 43.3 Å². The summed E-state index contributed by atoms with van der Waals surface area (Å²) in [7, 11) is 3.40. The van der Waals surface area contributed by atoms with E-state index in [1.807, 2.05) is 6.92 Å². The van der Waals surface area contributed by atoms with Crippen LogP contribution in [0.5, 0.6) is 5.75 Å². The zero-order valence-electron chi connectivity index (χ0n) is 39.9. The lowest BCUT2D eigenvalue weighted by Gasteiger charge is -2.32. The first kappa shape index (κ1) is 54.8. The summed E-state index contributed by atoms with van der Waals surface area (Å²) in [6, 6.07) is -1.67. The lowest BCUT2D eigenvalue weighted by molar-refractivity contribution is -0.142. The summed E-state index contributed by atoms with van der Waals surface area (Å²) in [6.07, 6.45) is 4.54. The molecule has 1 aliphatic heterocycles. The molecule has 3 unspecified atom stereocenters. The number of amides is 7. The molecule has 370 valence electrons. The largest absolute Gasteiger partial charge is 0.508 e. The number of benzene rings is 1. The highest BCUT2D eigenvalue weighted by atomic mass is 16.3. The van der Waals surface area contributed by atoms with E-state index in [1.165, 1.54) is 36.5 Å². The second-order valence-electron chi connectivity index (χ2n) is 17.7. The second-order valence-corrected chi connectivity index (χ2v) is 17.7. The van der Waals surface area contributed by atoms with Gasteiger partial charge in [-0.2, -0.15) is 0 Å². The molecule has 8 atom stereocenters. The highest BCUT2D eigenvalue weighted by Gasteiger charge is 2.40. The van der Waals surface area contributed by atoms with Gasteiger partial charge in [0, 0.05) is 37.8 Å². The van der Waals surface area contributed by atoms with E-state index >= 15 is 0 Å². The number of aromatic nitrogens is 2. The van der Waals surface area contributed by atoms with Crippen LogP contribution in [0, 0.1) is 11.8 Å². The van der Waals surface area contributed by atoms with Crippen LogP contribution >= 0.6 is 0 Å². The van der Waals surface area contributed by atoms with E-state index in [0.717, 1.165) is 0 Å². The summed E-state index contributed by atoms with van der Waals surface area (Å²) in [5.41, 5.74) is 12.0. The molecule has 1 aromatic heterocycles. The van der Waals surface area contributed by atoms with Crippen molar-refractivity contribution in [3.8, 4) is 5.75 Å². The molecular formula is C45H71N13O9. The first-order chi connectivity index (χ1) is 31.6. The summed E-state index contributed by atoms with van der Waals surface area (Å²) < 4.78 is 0. The SMILES string of the molecule is CCC(C)[C@H](NC(=O)C(Cc1ccc(O)cc1)NC(=O)[C@@H](NC(=O)C(CCCN=C(N)N)NC(=O)CN(C)C)C(C)C)C(=O)N[C@@H](Cc1cnc[nH]1)C(=O)N1CCC[C@H]1C(=O)N[C@H](C)C(C)=O. The Hall–Kier alpha value is -6.58. The molecule has 1 fully saturated rings. The van der Waals surface area contributed by atoms with Gasteiger partial charge < -0.3 is 63.3 Å². The number of carbonyl (C=O) groups is 8. The van der Waals surface area contributed by atoms with Gasteiger partial charge in [-0.1, -0.05) is 46.2 Å². The first-order valence-corrected chi connectivity index (χ1v) is 22.7. The quantitative estimate of drug-likeness (QED) is 0.0299. The molecule has 1 aromatic carbocycles. The molecule has 0 bridgehead atoms. The summed E-state index contributed by atoms with van der Waals surface area (Å²) in [5.74, 6) is -5.69. The van der Waals surface area contributed by atoms with Gasteiger partial charge in [0.1, 0.15) is 42.0 Å². The number of hydrogen-bond acceptors (Lipinski definition) is 12. The summed E-state index contributed by atoms with van der Waals surface area (Å²) in [6.45, 7) is 10.3. The molecule has 1 aliphatic rings. The van der Waals surface area contributed by atoms with Crippen LogP contribution in [0.1, 0.15) is 84.9 Å². The number of Topliss-reactive ketones (excluding diaryl/α,β-unsaturated/α-hetero) is 1. The molecule has 2 heterocycles. The number of nitrogens with zero attached hydrogens (tertiary/aromatic N) is 4. The topological polar surface area (TPSA) is 329 Å². The van der Waals surface area contributed by atoms with Crippen LogP contribution in [-0.2, 0) is 51.2 Å². The summed E-state index contributed by atoms with van der Waals surface area (Å²) in [5, 5.41) is 26.5. The van der Waals surface area contributed by atoms with Crippen LogP contribution in [-0.4, -0.2) is 154 Å². The maximum absolute atomic E-state index is 14.5. The highest BCUT2D eigenvalue weighted by Crippen LogP contribution is 2.21. The van der Waals surface area contributed by atoms with Gasteiger partial charge in [0.15, 0.2) is 11.7 Å². The normalized spacial score (nSPS) is 16.6. The van der Waals surface area contributed by atoms with Crippen molar-refractivity contribution in [2.45, 2.75) is 129 Å². The lowest BCUT2D eigenvalue weighted by atomic mass is 9.96. The fourth-order valence-corrected chi connectivity index (χ4v) is 7.37. The number of carbonyl (C=O) groups excluding carboxylic acids is 8. The number of H-pyrrole nitrogens is 1. The van der Waals surface area contributed by atoms with Gasteiger partial charge >= 0.3 is 0 Å². The third-order valence-electron chi connectivity index (χ3n) is 11.5. The number of aromatic amines is 1. The summed E-state index contributed by atoms with van der Waals surface area (Å²) in [4.78, 5) is 123. The molecule has 0 aliphatic carbocycles. The van der Waals surface area contributed by atoms with Gasteiger partial charge in [-0.15, -0.1) is 0 Å². The van der Waals surface area contributed by atoms with Gasteiger partial charge in [-0.25, -0.2) is 4.98 Å². The maximum Gasteiger partial charge on any atom is 0.246 e. The second kappa shape index (κ2) is 26.5. The molecular weight excluding hydrogens is 867 g/mol. The number of guanidine groups is 1. The van der Waals surface area contributed by atoms with Gasteiger partial charge in [-0.05, 0) is 83.2 Å². The van der Waals surface area contributed by atoms with E-state index in [2.05, 4.69) is 46.9 Å². The Labute approximate surface area is 392 Å². The number of nitrogens with one attached hydrogen (secondary N) is 7. The number of phenolic OH excluding ortho intramolecular Hbond substituents is 1. The first-order valence-electron chi connectivity index (χ1n) is 22.7. The molecule has 2 aromatic rings. The molecule has 0 saturated carbocycles.